The zero-order chi connectivity index (χ0) is 22.1. The van der Waals surface area contributed by atoms with Gasteiger partial charge in [-0.15, -0.1) is 0 Å². The van der Waals surface area contributed by atoms with E-state index in [1.807, 2.05) is 59.4 Å². The number of hydrogen-bond acceptors (Lipinski definition) is 3. The van der Waals surface area contributed by atoms with Crippen molar-refractivity contribution in [3.63, 3.8) is 0 Å². The van der Waals surface area contributed by atoms with Crippen molar-refractivity contribution in [1.82, 2.24) is 24.8 Å². The van der Waals surface area contributed by atoms with Crippen molar-refractivity contribution in [3.05, 3.63) is 113 Å². The van der Waals surface area contributed by atoms with Gasteiger partial charge in [-0.05, 0) is 66.3 Å². The standard InChI is InChI=1S/C24H19ClFN5S/c25-18-13-17(8-9-19(18)26)30-12-4-7-21(30)23-22(20-6-1-2-11-28-20)29-24(32)31(23)15-16-5-3-10-27-14-16/h1-14,22-23H,15H2,(H,29,32)/t22-,23+/m1/s1. The Labute approximate surface area is 195 Å². The maximum atomic E-state index is 13.8. The molecule has 0 amide bonds. The lowest BCUT2D eigenvalue weighted by atomic mass is 10.0. The first-order valence-electron chi connectivity index (χ1n) is 10.1. The second-order valence-electron chi connectivity index (χ2n) is 7.52. The molecule has 1 aliphatic heterocycles. The Hall–Kier alpha value is -3.29. The van der Waals surface area contributed by atoms with E-state index >= 15 is 0 Å². The highest BCUT2D eigenvalue weighted by Gasteiger charge is 2.41. The van der Waals surface area contributed by atoms with Crippen molar-refractivity contribution in [2.45, 2.75) is 18.6 Å². The Balaban J connectivity index is 1.61. The lowest BCUT2D eigenvalue weighted by Gasteiger charge is -2.29. The molecule has 0 spiro atoms. The monoisotopic (exact) mass is 463 g/mol. The van der Waals surface area contributed by atoms with Crippen molar-refractivity contribution in [3.8, 4) is 5.69 Å². The van der Waals surface area contributed by atoms with Gasteiger partial charge < -0.3 is 14.8 Å². The normalized spacial score (nSPS) is 18.1. The lowest BCUT2D eigenvalue weighted by Crippen LogP contribution is -2.30. The van der Waals surface area contributed by atoms with Gasteiger partial charge in [-0.25, -0.2) is 4.39 Å². The summed E-state index contributed by atoms with van der Waals surface area (Å²) in [7, 11) is 0. The molecular formula is C24H19ClFN5S. The second kappa shape index (κ2) is 8.68. The summed E-state index contributed by atoms with van der Waals surface area (Å²) < 4.78 is 15.8. The predicted octanol–water partition coefficient (Wildman–Crippen LogP) is 5.23. The van der Waals surface area contributed by atoms with Crippen LogP contribution in [0.15, 0.2) is 85.5 Å². The number of halogens is 2. The van der Waals surface area contributed by atoms with Crippen LogP contribution in [-0.2, 0) is 6.54 Å². The van der Waals surface area contributed by atoms with Crippen LogP contribution in [0, 0.1) is 5.82 Å². The first-order chi connectivity index (χ1) is 15.6. The number of hydrogen-bond donors (Lipinski definition) is 1. The summed E-state index contributed by atoms with van der Waals surface area (Å²) in [6, 6.07) is 18.2. The molecule has 2 atom stereocenters. The molecule has 0 bridgehead atoms. The minimum absolute atomic E-state index is 0.0794. The fourth-order valence-electron chi connectivity index (χ4n) is 4.09. The lowest BCUT2D eigenvalue weighted by molar-refractivity contribution is 0.302. The largest absolute Gasteiger partial charge is 0.352 e. The average Bonchev–Trinajstić information content (AvgIpc) is 3.42. The number of benzene rings is 1. The molecule has 4 heterocycles. The molecule has 0 aliphatic carbocycles. The molecule has 8 heteroatoms. The van der Waals surface area contributed by atoms with Crippen molar-refractivity contribution in [1.29, 1.82) is 0 Å². The second-order valence-corrected chi connectivity index (χ2v) is 8.31. The van der Waals surface area contributed by atoms with E-state index < -0.39 is 5.82 Å². The van der Waals surface area contributed by atoms with E-state index in [1.165, 1.54) is 6.07 Å². The number of rotatable bonds is 5. The van der Waals surface area contributed by atoms with Crippen molar-refractivity contribution >= 4 is 28.9 Å². The van der Waals surface area contributed by atoms with Gasteiger partial charge in [0.05, 0.1) is 22.8 Å². The molecule has 0 saturated carbocycles. The zero-order valence-corrected chi connectivity index (χ0v) is 18.5. The SMILES string of the molecule is Fc1ccc(-n2cccc2[C@H]2[C@@H](c3ccccn3)NC(=S)N2Cc2cccnc2)cc1Cl. The minimum Gasteiger partial charge on any atom is -0.352 e. The molecule has 4 aromatic rings. The molecule has 1 aromatic carbocycles. The van der Waals surface area contributed by atoms with E-state index in [1.54, 1.807) is 24.5 Å². The molecule has 5 rings (SSSR count). The van der Waals surface area contributed by atoms with Crippen LogP contribution < -0.4 is 5.32 Å². The van der Waals surface area contributed by atoms with Crippen LogP contribution >= 0.6 is 23.8 Å². The van der Waals surface area contributed by atoms with Crippen LogP contribution in [0.3, 0.4) is 0 Å². The summed E-state index contributed by atoms with van der Waals surface area (Å²) in [5, 5.41) is 4.17. The molecule has 3 aromatic heterocycles. The van der Waals surface area contributed by atoms with Gasteiger partial charge in [-0.3, -0.25) is 9.97 Å². The first kappa shape index (κ1) is 20.6. The summed E-state index contributed by atoms with van der Waals surface area (Å²) in [6.45, 7) is 0.586. The molecule has 32 heavy (non-hydrogen) atoms. The smallest absolute Gasteiger partial charge is 0.170 e. The third-order valence-corrected chi connectivity index (χ3v) is 6.18. The van der Waals surface area contributed by atoms with E-state index in [9.17, 15) is 4.39 Å². The molecule has 1 aliphatic rings. The molecule has 1 saturated heterocycles. The molecule has 1 N–H and O–H groups in total. The van der Waals surface area contributed by atoms with Gasteiger partial charge in [-0.2, -0.15) is 0 Å². The molecule has 5 nitrogen and oxygen atoms in total. The maximum Gasteiger partial charge on any atom is 0.170 e. The van der Waals surface area contributed by atoms with Crippen molar-refractivity contribution in [2.75, 3.05) is 0 Å². The van der Waals surface area contributed by atoms with Gasteiger partial charge in [0.15, 0.2) is 5.11 Å². The molecule has 1 fully saturated rings. The fraction of sp³-hybridized carbons (Fsp3) is 0.125. The van der Waals surface area contributed by atoms with Crippen molar-refractivity contribution < 1.29 is 4.39 Å². The van der Waals surface area contributed by atoms with Gasteiger partial charge >= 0.3 is 0 Å². The van der Waals surface area contributed by atoms with E-state index in [4.69, 9.17) is 23.8 Å². The summed E-state index contributed by atoms with van der Waals surface area (Å²) in [6.07, 6.45) is 7.31. The van der Waals surface area contributed by atoms with Crippen LogP contribution in [0.1, 0.15) is 29.0 Å². The van der Waals surface area contributed by atoms with Gasteiger partial charge in [0.1, 0.15) is 5.82 Å². The first-order valence-corrected chi connectivity index (χ1v) is 10.9. The third-order valence-electron chi connectivity index (χ3n) is 5.54. The number of aromatic nitrogens is 3. The summed E-state index contributed by atoms with van der Waals surface area (Å²) >= 11 is 11.8. The Bertz CT molecular complexity index is 1250. The van der Waals surface area contributed by atoms with E-state index in [-0.39, 0.29) is 17.1 Å². The number of pyridine rings is 2. The van der Waals surface area contributed by atoms with Gasteiger partial charge in [0, 0.05) is 42.7 Å². The average molecular weight is 464 g/mol. The van der Waals surface area contributed by atoms with Crippen LogP contribution in [0.2, 0.25) is 5.02 Å². The Morgan fingerprint density at radius 3 is 2.72 bits per heavy atom. The molecule has 0 unspecified atom stereocenters. The van der Waals surface area contributed by atoms with Gasteiger partial charge in [0.25, 0.3) is 0 Å². The Kier molecular flexibility index (Phi) is 5.59. The van der Waals surface area contributed by atoms with Crippen LogP contribution in [0.25, 0.3) is 5.69 Å². The Morgan fingerprint density at radius 2 is 1.97 bits per heavy atom. The number of nitrogens with zero attached hydrogens (tertiary/aromatic N) is 4. The summed E-state index contributed by atoms with van der Waals surface area (Å²) in [5.41, 5.74) is 3.69. The van der Waals surface area contributed by atoms with E-state index in [0.717, 1.165) is 22.6 Å². The van der Waals surface area contributed by atoms with Gasteiger partial charge in [0.2, 0.25) is 0 Å². The summed E-state index contributed by atoms with van der Waals surface area (Å²) in [5.74, 6) is -0.447. The topological polar surface area (TPSA) is 46.0 Å². The number of thiocarbonyl (C=S) groups is 1. The highest BCUT2D eigenvalue weighted by Crippen LogP contribution is 2.40. The highest BCUT2D eigenvalue weighted by atomic mass is 35.5. The van der Waals surface area contributed by atoms with Crippen LogP contribution in [-0.4, -0.2) is 24.5 Å². The summed E-state index contributed by atoms with van der Waals surface area (Å²) in [4.78, 5) is 11.0. The Morgan fingerprint density at radius 1 is 1.06 bits per heavy atom. The van der Waals surface area contributed by atoms with E-state index in [0.29, 0.717) is 11.7 Å². The minimum atomic E-state index is -0.447. The molecule has 160 valence electrons. The van der Waals surface area contributed by atoms with Crippen LogP contribution in [0.4, 0.5) is 4.39 Å². The predicted molar refractivity (Wildman–Crippen MR) is 126 cm³/mol. The fourth-order valence-corrected chi connectivity index (χ4v) is 4.57. The zero-order valence-electron chi connectivity index (χ0n) is 16.9. The maximum absolute atomic E-state index is 13.8. The van der Waals surface area contributed by atoms with Crippen molar-refractivity contribution in [2.24, 2.45) is 0 Å². The van der Waals surface area contributed by atoms with E-state index in [2.05, 4.69) is 20.2 Å². The quantitative estimate of drug-likeness (QED) is 0.410. The highest BCUT2D eigenvalue weighted by molar-refractivity contribution is 7.80. The molecule has 0 radical (unpaired) electrons. The molecular weight excluding hydrogens is 445 g/mol. The third kappa shape index (κ3) is 3.85. The number of nitrogens with one attached hydrogen (secondary N) is 1. The van der Waals surface area contributed by atoms with Gasteiger partial charge in [-0.1, -0.05) is 23.7 Å². The van der Waals surface area contributed by atoms with Crippen LogP contribution in [0.5, 0.6) is 0 Å².